The Labute approximate surface area is 103 Å². The van der Waals surface area contributed by atoms with Crippen molar-refractivity contribution in [2.24, 2.45) is 0 Å². The summed E-state index contributed by atoms with van der Waals surface area (Å²) in [5, 5.41) is 17.9. The molecule has 1 aromatic heterocycles. The molecule has 0 spiro atoms. The van der Waals surface area contributed by atoms with Crippen LogP contribution in [0.15, 0.2) is 42.5 Å². The van der Waals surface area contributed by atoms with E-state index in [0.717, 1.165) is 16.8 Å². The molecule has 0 fully saturated rings. The van der Waals surface area contributed by atoms with E-state index in [1.165, 1.54) is 0 Å². The van der Waals surface area contributed by atoms with Crippen LogP contribution >= 0.6 is 0 Å². The molecule has 3 aromatic rings. The number of para-hydroxylation sites is 2. The average Bonchev–Trinajstić information content (AvgIpc) is 2.82. The molecule has 0 unspecified atom stereocenters. The van der Waals surface area contributed by atoms with Crippen molar-refractivity contribution in [2.45, 2.75) is 0 Å². The number of phenols is 1. The zero-order valence-electron chi connectivity index (χ0n) is 9.74. The van der Waals surface area contributed by atoms with Gasteiger partial charge in [0, 0.05) is 6.07 Å². The Balaban J connectivity index is 2.22. The summed E-state index contributed by atoms with van der Waals surface area (Å²) in [5.41, 5.74) is 2.14. The van der Waals surface area contributed by atoms with E-state index in [-0.39, 0.29) is 5.75 Å². The lowest BCUT2D eigenvalue weighted by atomic mass is 10.2. The summed E-state index contributed by atoms with van der Waals surface area (Å²) in [4.78, 5) is 0. The van der Waals surface area contributed by atoms with Gasteiger partial charge < -0.3 is 9.84 Å². The van der Waals surface area contributed by atoms with Gasteiger partial charge in [0.25, 0.3) is 0 Å². The van der Waals surface area contributed by atoms with Gasteiger partial charge in [-0.15, -0.1) is 5.10 Å². The lowest BCUT2D eigenvalue weighted by Gasteiger charge is -2.04. The molecule has 0 radical (unpaired) electrons. The lowest BCUT2D eigenvalue weighted by molar-refractivity contribution is 0.415. The number of rotatable bonds is 2. The zero-order chi connectivity index (χ0) is 12.5. The molecule has 0 amide bonds. The standard InChI is InChI=1S/C13H11N3O2/c1-18-9-6-7-11-10(8-9)14-15-16(11)12-4-2-3-5-13(12)17/h2-8,17H,1H3. The van der Waals surface area contributed by atoms with Crippen LogP contribution in [0, 0.1) is 0 Å². The molecule has 3 rings (SSSR count). The number of ether oxygens (including phenoxy) is 1. The van der Waals surface area contributed by atoms with Crippen LogP contribution in [-0.2, 0) is 0 Å². The molecule has 0 saturated carbocycles. The number of phenolic OH excluding ortho intramolecular Hbond substituents is 1. The summed E-state index contributed by atoms with van der Waals surface area (Å²) in [6.07, 6.45) is 0. The highest BCUT2D eigenvalue weighted by atomic mass is 16.5. The number of hydrogen-bond acceptors (Lipinski definition) is 4. The molecule has 0 saturated heterocycles. The molecular formula is C13H11N3O2. The van der Waals surface area contributed by atoms with Gasteiger partial charge in [-0.2, -0.15) is 0 Å². The van der Waals surface area contributed by atoms with Crippen LogP contribution in [0.3, 0.4) is 0 Å². The molecule has 0 atom stereocenters. The van der Waals surface area contributed by atoms with Crippen LogP contribution in [0.4, 0.5) is 0 Å². The van der Waals surface area contributed by atoms with Gasteiger partial charge in [0.15, 0.2) is 0 Å². The minimum absolute atomic E-state index is 0.167. The van der Waals surface area contributed by atoms with Crippen molar-refractivity contribution in [1.29, 1.82) is 0 Å². The van der Waals surface area contributed by atoms with E-state index >= 15 is 0 Å². The van der Waals surface area contributed by atoms with Crippen LogP contribution < -0.4 is 4.74 Å². The maximum atomic E-state index is 9.83. The Morgan fingerprint density at radius 3 is 2.78 bits per heavy atom. The molecule has 5 nitrogen and oxygen atoms in total. The second-order valence-corrected chi connectivity index (χ2v) is 3.84. The fourth-order valence-corrected chi connectivity index (χ4v) is 1.85. The van der Waals surface area contributed by atoms with Gasteiger partial charge in [-0.1, -0.05) is 17.3 Å². The monoisotopic (exact) mass is 241 g/mol. The van der Waals surface area contributed by atoms with Gasteiger partial charge >= 0.3 is 0 Å². The number of nitrogens with zero attached hydrogens (tertiary/aromatic N) is 3. The van der Waals surface area contributed by atoms with Crippen molar-refractivity contribution in [3.05, 3.63) is 42.5 Å². The van der Waals surface area contributed by atoms with Crippen LogP contribution in [0.25, 0.3) is 16.7 Å². The Kier molecular flexibility index (Phi) is 2.37. The maximum Gasteiger partial charge on any atom is 0.141 e. The first-order valence-corrected chi connectivity index (χ1v) is 5.47. The zero-order valence-corrected chi connectivity index (χ0v) is 9.74. The van der Waals surface area contributed by atoms with Gasteiger partial charge in [-0.25, -0.2) is 4.68 Å². The highest BCUT2D eigenvalue weighted by Crippen LogP contribution is 2.25. The van der Waals surface area contributed by atoms with Gasteiger partial charge in [0.1, 0.15) is 22.7 Å². The molecular weight excluding hydrogens is 230 g/mol. The summed E-state index contributed by atoms with van der Waals surface area (Å²) in [6.45, 7) is 0. The summed E-state index contributed by atoms with van der Waals surface area (Å²) < 4.78 is 6.74. The molecule has 0 bridgehead atoms. The van der Waals surface area contributed by atoms with Crippen molar-refractivity contribution >= 4 is 11.0 Å². The van der Waals surface area contributed by atoms with Crippen molar-refractivity contribution in [3.8, 4) is 17.2 Å². The second kappa shape index (κ2) is 4.03. The molecule has 5 heteroatoms. The number of aromatic hydroxyl groups is 1. The topological polar surface area (TPSA) is 60.2 Å². The fraction of sp³-hybridized carbons (Fsp3) is 0.0769. The Hall–Kier alpha value is -2.56. The molecule has 0 aliphatic heterocycles. The van der Waals surface area contributed by atoms with E-state index in [4.69, 9.17) is 4.74 Å². The average molecular weight is 241 g/mol. The largest absolute Gasteiger partial charge is 0.506 e. The molecule has 1 N–H and O–H groups in total. The first-order valence-electron chi connectivity index (χ1n) is 5.47. The summed E-state index contributed by atoms with van der Waals surface area (Å²) in [5.74, 6) is 0.895. The Morgan fingerprint density at radius 2 is 2.00 bits per heavy atom. The third-order valence-electron chi connectivity index (χ3n) is 2.76. The highest BCUT2D eigenvalue weighted by molar-refractivity contribution is 5.78. The molecule has 0 aliphatic rings. The SMILES string of the molecule is COc1ccc2c(c1)nnn2-c1ccccc1O. The molecule has 0 aliphatic carbocycles. The van der Waals surface area contributed by atoms with Crippen molar-refractivity contribution in [1.82, 2.24) is 15.0 Å². The maximum absolute atomic E-state index is 9.83. The predicted molar refractivity (Wildman–Crippen MR) is 67.1 cm³/mol. The molecule has 18 heavy (non-hydrogen) atoms. The van der Waals surface area contributed by atoms with Crippen LogP contribution in [0.2, 0.25) is 0 Å². The summed E-state index contributed by atoms with van der Waals surface area (Å²) in [6, 6.07) is 12.5. The smallest absolute Gasteiger partial charge is 0.141 e. The van der Waals surface area contributed by atoms with E-state index in [0.29, 0.717) is 5.69 Å². The highest BCUT2D eigenvalue weighted by Gasteiger charge is 2.10. The summed E-state index contributed by atoms with van der Waals surface area (Å²) in [7, 11) is 1.61. The Bertz CT molecular complexity index is 706. The van der Waals surface area contributed by atoms with Gasteiger partial charge in [0.05, 0.1) is 12.6 Å². The third-order valence-corrected chi connectivity index (χ3v) is 2.76. The summed E-state index contributed by atoms with van der Waals surface area (Å²) >= 11 is 0. The Morgan fingerprint density at radius 1 is 1.17 bits per heavy atom. The van der Waals surface area contributed by atoms with Crippen molar-refractivity contribution in [3.63, 3.8) is 0 Å². The fourth-order valence-electron chi connectivity index (χ4n) is 1.85. The molecule has 1 heterocycles. The minimum atomic E-state index is 0.167. The number of hydrogen-bond donors (Lipinski definition) is 1. The molecule has 2 aromatic carbocycles. The van der Waals surface area contributed by atoms with E-state index in [1.807, 2.05) is 18.2 Å². The van der Waals surface area contributed by atoms with Crippen LogP contribution in [0.1, 0.15) is 0 Å². The van der Waals surface area contributed by atoms with E-state index in [9.17, 15) is 5.11 Å². The molecule has 90 valence electrons. The van der Waals surface area contributed by atoms with Crippen molar-refractivity contribution < 1.29 is 9.84 Å². The van der Waals surface area contributed by atoms with Crippen LogP contribution in [-0.4, -0.2) is 27.2 Å². The van der Waals surface area contributed by atoms with E-state index in [2.05, 4.69) is 10.3 Å². The second-order valence-electron chi connectivity index (χ2n) is 3.84. The first kappa shape index (κ1) is 10.6. The van der Waals surface area contributed by atoms with E-state index in [1.54, 1.807) is 36.1 Å². The first-order chi connectivity index (χ1) is 8.79. The third kappa shape index (κ3) is 1.57. The van der Waals surface area contributed by atoms with E-state index < -0.39 is 0 Å². The van der Waals surface area contributed by atoms with Crippen molar-refractivity contribution in [2.75, 3.05) is 7.11 Å². The minimum Gasteiger partial charge on any atom is -0.506 e. The predicted octanol–water partition coefficient (Wildman–Crippen LogP) is 2.13. The normalized spacial score (nSPS) is 10.7. The number of methoxy groups -OCH3 is 1. The quantitative estimate of drug-likeness (QED) is 0.746. The lowest BCUT2D eigenvalue weighted by Crippen LogP contribution is -1.96. The van der Waals surface area contributed by atoms with Gasteiger partial charge in [-0.3, -0.25) is 0 Å². The van der Waals surface area contributed by atoms with Gasteiger partial charge in [-0.05, 0) is 24.3 Å². The van der Waals surface area contributed by atoms with Gasteiger partial charge in [0.2, 0.25) is 0 Å². The number of fused-ring (bicyclic) bond motifs is 1. The number of benzene rings is 2. The number of aromatic nitrogens is 3. The van der Waals surface area contributed by atoms with Crippen LogP contribution in [0.5, 0.6) is 11.5 Å².